The molecule has 2 unspecified atom stereocenters. The van der Waals surface area contributed by atoms with Gasteiger partial charge >= 0.3 is 0 Å². The number of alkyl halides is 1. The maximum atomic E-state index is 13.5. The minimum atomic E-state index is -3.56. The number of benzene rings is 1. The lowest BCUT2D eigenvalue weighted by atomic mass is 10.1. The molecule has 0 saturated heterocycles. The Morgan fingerprint density at radius 1 is 1.47 bits per heavy atom. The molecule has 0 saturated carbocycles. The summed E-state index contributed by atoms with van der Waals surface area (Å²) in [5, 5.41) is 10.0. The van der Waals surface area contributed by atoms with Crippen molar-refractivity contribution in [2.24, 2.45) is 0 Å². The first-order valence-electron chi connectivity index (χ1n) is 5.07. The van der Waals surface area contributed by atoms with E-state index in [0.29, 0.717) is 0 Å². The lowest BCUT2D eigenvalue weighted by Crippen LogP contribution is -2.37. The molecule has 0 radical (unpaired) electrons. The van der Waals surface area contributed by atoms with E-state index in [0.717, 1.165) is 0 Å². The lowest BCUT2D eigenvalue weighted by Gasteiger charge is -2.28. The van der Waals surface area contributed by atoms with Crippen molar-refractivity contribution in [1.82, 2.24) is 0 Å². The zero-order chi connectivity index (χ0) is 13.3. The fourth-order valence-electron chi connectivity index (χ4n) is 1.43. The molecule has 0 heterocycles. The molecule has 1 rings (SSSR count). The average Bonchev–Trinajstić information content (AvgIpc) is 2.28. The molecule has 0 aliphatic heterocycles. The highest BCUT2D eigenvalue weighted by atomic mass is 79.9. The van der Waals surface area contributed by atoms with Crippen LogP contribution in [0.4, 0.5) is 4.39 Å². The van der Waals surface area contributed by atoms with Crippen LogP contribution in [0.3, 0.4) is 0 Å². The smallest absolute Gasteiger partial charge is 0.168 e. The SMILES string of the molecule is CCS(=O)(=O)C(C)(Br)C(O)c1ccccc1F. The standard InChI is InChI=1S/C11H14BrFO3S/c1-3-17(15,16)11(2,12)10(14)8-6-4-5-7-9(8)13/h4-7,10,14H,3H2,1-2H3. The average molecular weight is 325 g/mol. The van der Waals surface area contributed by atoms with E-state index in [9.17, 15) is 17.9 Å². The highest BCUT2D eigenvalue weighted by molar-refractivity contribution is 9.11. The van der Waals surface area contributed by atoms with Crippen LogP contribution in [-0.2, 0) is 9.84 Å². The first-order chi connectivity index (χ1) is 7.74. The van der Waals surface area contributed by atoms with Gasteiger partial charge in [0, 0.05) is 11.3 Å². The summed E-state index contributed by atoms with van der Waals surface area (Å²) in [4.78, 5) is 0. The molecular formula is C11H14BrFO3S. The van der Waals surface area contributed by atoms with Crippen molar-refractivity contribution in [3.63, 3.8) is 0 Å². The van der Waals surface area contributed by atoms with Gasteiger partial charge in [-0.1, -0.05) is 41.1 Å². The van der Waals surface area contributed by atoms with Gasteiger partial charge in [-0.25, -0.2) is 12.8 Å². The number of aliphatic hydroxyl groups is 1. The molecule has 0 bridgehead atoms. The predicted octanol–water partition coefficient (Wildman–Crippen LogP) is 2.40. The quantitative estimate of drug-likeness (QED) is 0.865. The summed E-state index contributed by atoms with van der Waals surface area (Å²) >= 11 is 3.00. The van der Waals surface area contributed by atoms with Crippen molar-refractivity contribution in [3.05, 3.63) is 35.6 Å². The van der Waals surface area contributed by atoms with Gasteiger partial charge in [-0.05, 0) is 13.0 Å². The summed E-state index contributed by atoms with van der Waals surface area (Å²) in [5.74, 6) is -0.766. The van der Waals surface area contributed by atoms with Gasteiger partial charge < -0.3 is 5.11 Å². The Balaban J connectivity index is 3.23. The van der Waals surface area contributed by atoms with E-state index in [2.05, 4.69) is 15.9 Å². The van der Waals surface area contributed by atoms with Crippen LogP contribution in [0.2, 0.25) is 0 Å². The molecule has 1 aromatic carbocycles. The first-order valence-corrected chi connectivity index (χ1v) is 7.52. The molecule has 2 atom stereocenters. The van der Waals surface area contributed by atoms with E-state index in [4.69, 9.17) is 0 Å². The Bertz CT molecular complexity index is 499. The fourth-order valence-corrected chi connectivity index (χ4v) is 3.39. The topological polar surface area (TPSA) is 54.4 Å². The molecule has 1 aromatic rings. The van der Waals surface area contributed by atoms with Crippen LogP contribution in [0.5, 0.6) is 0 Å². The van der Waals surface area contributed by atoms with Crippen molar-refractivity contribution >= 4 is 25.8 Å². The molecule has 0 amide bonds. The van der Waals surface area contributed by atoms with Crippen LogP contribution in [0.25, 0.3) is 0 Å². The van der Waals surface area contributed by atoms with Gasteiger partial charge in [-0.2, -0.15) is 0 Å². The van der Waals surface area contributed by atoms with Gasteiger partial charge in [0.2, 0.25) is 0 Å². The summed E-state index contributed by atoms with van der Waals surface area (Å²) in [6.45, 7) is 2.80. The molecule has 0 aliphatic rings. The summed E-state index contributed by atoms with van der Waals surface area (Å²) in [6.07, 6.45) is -1.46. The van der Waals surface area contributed by atoms with E-state index in [1.807, 2.05) is 0 Å². The van der Waals surface area contributed by atoms with E-state index >= 15 is 0 Å². The summed E-state index contributed by atoms with van der Waals surface area (Å²) in [6, 6.07) is 5.57. The second-order valence-corrected chi connectivity index (χ2v) is 8.64. The number of hydrogen-bond donors (Lipinski definition) is 1. The van der Waals surface area contributed by atoms with Crippen LogP contribution >= 0.6 is 15.9 Å². The molecule has 0 aliphatic carbocycles. The second-order valence-electron chi connectivity index (χ2n) is 3.81. The molecule has 17 heavy (non-hydrogen) atoms. The van der Waals surface area contributed by atoms with Gasteiger partial charge in [0.05, 0.1) is 0 Å². The molecule has 6 heteroatoms. The van der Waals surface area contributed by atoms with E-state index in [1.54, 1.807) is 6.07 Å². The monoisotopic (exact) mass is 324 g/mol. The molecule has 0 fully saturated rings. The predicted molar refractivity (Wildman–Crippen MR) is 68.2 cm³/mol. The first kappa shape index (κ1) is 14.6. The maximum absolute atomic E-state index is 13.5. The van der Waals surface area contributed by atoms with E-state index in [1.165, 1.54) is 32.0 Å². The largest absolute Gasteiger partial charge is 0.386 e. The van der Waals surface area contributed by atoms with Gasteiger partial charge in [0.25, 0.3) is 0 Å². The van der Waals surface area contributed by atoms with Crippen molar-refractivity contribution in [3.8, 4) is 0 Å². The molecule has 1 N–H and O–H groups in total. The van der Waals surface area contributed by atoms with Crippen molar-refractivity contribution in [1.29, 1.82) is 0 Å². The molecule has 96 valence electrons. The highest BCUT2D eigenvalue weighted by Crippen LogP contribution is 2.39. The third-order valence-electron chi connectivity index (χ3n) is 2.68. The Morgan fingerprint density at radius 2 is 2.00 bits per heavy atom. The normalized spacial score (nSPS) is 17.5. The van der Waals surface area contributed by atoms with Crippen LogP contribution in [-0.4, -0.2) is 22.9 Å². The Kier molecular flexibility index (Phi) is 4.33. The summed E-state index contributed by atoms with van der Waals surface area (Å²) < 4.78 is 35.5. The van der Waals surface area contributed by atoms with Crippen LogP contribution in [0.15, 0.2) is 24.3 Å². The minimum absolute atomic E-state index is 0.0381. The van der Waals surface area contributed by atoms with E-state index < -0.39 is 25.4 Å². The van der Waals surface area contributed by atoms with Crippen molar-refractivity contribution in [2.75, 3.05) is 5.75 Å². The van der Waals surface area contributed by atoms with Gasteiger partial charge in [0.1, 0.15) is 11.9 Å². The number of halogens is 2. The van der Waals surface area contributed by atoms with Gasteiger partial charge in [-0.3, -0.25) is 0 Å². The number of sulfone groups is 1. The minimum Gasteiger partial charge on any atom is -0.386 e. The summed E-state index contributed by atoms with van der Waals surface area (Å²) in [7, 11) is -3.56. The third-order valence-corrected chi connectivity index (χ3v) is 6.79. The van der Waals surface area contributed by atoms with Gasteiger partial charge in [0.15, 0.2) is 13.5 Å². The lowest BCUT2D eigenvalue weighted by molar-refractivity contribution is 0.163. The Labute approximate surface area is 109 Å². The highest BCUT2D eigenvalue weighted by Gasteiger charge is 2.43. The second kappa shape index (κ2) is 5.04. The molecular weight excluding hydrogens is 311 g/mol. The van der Waals surface area contributed by atoms with Crippen LogP contribution < -0.4 is 0 Å². The van der Waals surface area contributed by atoms with Crippen LogP contribution in [0.1, 0.15) is 25.5 Å². The summed E-state index contributed by atoms with van der Waals surface area (Å²) in [5.41, 5.74) is -0.0381. The van der Waals surface area contributed by atoms with Crippen molar-refractivity contribution in [2.45, 2.75) is 23.6 Å². The zero-order valence-corrected chi connectivity index (χ0v) is 11.9. The molecule has 0 spiro atoms. The third kappa shape index (κ3) is 2.69. The zero-order valence-electron chi connectivity index (χ0n) is 9.52. The Morgan fingerprint density at radius 3 is 2.47 bits per heavy atom. The number of hydrogen-bond acceptors (Lipinski definition) is 3. The maximum Gasteiger partial charge on any atom is 0.168 e. The number of rotatable bonds is 4. The van der Waals surface area contributed by atoms with Gasteiger partial charge in [-0.15, -0.1) is 0 Å². The van der Waals surface area contributed by atoms with Crippen molar-refractivity contribution < 1.29 is 17.9 Å². The fraction of sp³-hybridized carbons (Fsp3) is 0.455. The molecule has 0 aromatic heterocycles. The Hall–Kier alpha value is -0.460. The van der Waals surface area contributed by atoms with E-state index in [-0.39, 0.29) is 11.3 Å². The molecule has 3 nitrogen and oxygen atoms in total. The van der Waals surface area contributed by atoms with Crippen LogP contribution in [0, 0.1) is 5.82 Å². The number of aliphatic hydroxyl groups excluding tert-OH is 1.